The fourth-order valence-electron chi connectivity index (χ4n) is 2.43. The minimum atomic E-state index is -6.00. The lowest BCUT2D eigenvalue weighted by Crippen LogP contribution is -2.34. The Labute approximate surface area is 141 Å². The molecule has 0 N–H and O–H groups in total. The molecule has 1 aliphatic rings. The van der Waals surface area contributed by atoms with E-state index in [-0.39, 0.29) is 0 Å². The topological polar surface area (TPSA) is 21.7 Å². The van der Waals surface area contributed by atoms with Gasteiger partial charge in [-0.15, -0.1) is 0 Å². The van der Waals surface area contributed by atoms with Gasteiger partial charge in [-0.1, -0.05) is 4.68 Å². The van der Waals surface area contributed by atoms with E-state index in [1.807, 2.05) is 0 Å². The second-order valence-corrected chi connectivity index (χ2v) is 5.39. The van der Waals surface area contributed by atoms with Crippen molar-refractivity contribution in [1.29, 1.82) is 0 Å². The first kappa shape index (κ1) is 20.1. The van der Waals surface area contributed by atoms with Crippen molar-refractivity contribution >= 4 is 7.25 Å². The molecule has 1 aliphatic heterocycles. The van der Waals surface area contributed by atoms with Crippen LogP contribution in [0.4, 0.5) is 39.2 Å². The van der Waals surface area contributed by atoms with Crippen LogP contribution in [0.1, 0.15) is 25.1 Å². The molecule has 0 aliphatic carbocycles. The molecule has 1 aromatic heterocycles. The van der Waals surface area contributed by atoms with Crippen LogP contribution >= 0.6 is 0 Å². The first-order valence-electron chi connectivity index (χ1n) is 7.37. The summed E-state index contributed by atoms with van der Waals surface area (Å²) in [6.07, 6.45) is 4.61. The minimum Gasteiger partial charge on any atom is -0.418 e. The Morgan fingerprint density at radius 1 is 0.808 bits per heavy atom. The smallest absolute Gasteiger partial charge is 0.418 e. The van der Waals surface area contributed by atoms with Crippen molar-refractivity contribution in [2.45, 2.75) is 32.2 Å². The third-order valence-corrected chi connectivity index (χ3v) is 3.52. The molecule has 1 aromatic carbocycles. The van der Waals surface area contributed by atoms with Crippen molar-refractivity contribution in [3.63, 3.8) is 0 Å². The van der Waals surface area contributed by atoms with Gasteiger partial charge in [0.1, 0.15) is 0 Å². The molecule has 0 amide bonds. The molecule has 0 unspecified atom stereocenters. The number of hydrogen-bond acceptors (Lipinski definition) is 1. The van der Waals surface area contributed by atoms with Crippen LogP contribution in [0.25, 0.3) is 5.69 Å². The van der Waals surface area contributed by atoms with Crippen molar-refractivity contribution in [1.82, 2.24) is 9.78 Å². The number of hydrogen-bond donors (Lipinski definition) is 0. The molecular weight excluding hydrogens is 380 g/mol. The Hall–Kier alpha value is -2.21. The fraction of sp³-hybridized carbons (Fsp3) is 0.385. The summed E-state index contributed by atoms with van der Waals surface area (Å²) < 4.78 is 108. The molecule has 0 atom stereocenters. The SMILES string of the molecule is F[B-](F)(F)F.Fc1c(F)c(F)c(-n2c[n+]3c(n2)CCCCC3)c(F)c1F. The lowest BCUT2D eigenvalue weighted by molar-refractivity contribution is -0.703. The second kappa shape index (κ2) is 7.58. The summed E-state index contributed by atoms with van der Waals surface area (Å²) in [5, 5.41) is 3.96. The minimum absolute atomic E-state index is 0.566. The average molecular weight is 391 g/mol. The maximum Gasteiger partial charge on any atom is 0.673 e. The van der Waals surface area contributed by atoms with Crippen LogP contribution in [0.15, 0.2) is 6.33 Å². The predicted octanol–water partition coefficient (Wildman–Crippen LogP) is 3.88. The Balaban J connectivity index is 0.000000431. The molecule has 3 nitrogen and oxygen atoms in total. The van der Waals surface area contributed by atoms with Crippen LogP contribution in [0.5, 0.6) is 0 Å². The average Bonchev–Trinajstić information content (AvgIpc) is 2.80. The summed E-state index contributed by atoms with van der Waals surface area (Å²) in [5.41, 5.74) is -1.05. The number of benzene rings is 1. The third-order valence-electron chi connectivity index (χ3n) is 3.52. The van der Waals surface area contributed by atoms with E-state index in [1.54, 1.807) is 4.57 Å². The molecule has 0 bridgehead atoms. The maximum absolute atomic E-state index is 13.7. The zero-order chi connectivity index (χ0) is 19.6. The zero-order valence-corrected chi connectivity index (χ0v) is 12.9. The summed E-state index contributed by atoms with van der Waals surface area (Å²) in [4.78, 5) is 0. The number of aromatic nitrogens is 3. The summed E-state index contributed by atoms with van der Waals surface area (Å²) in [6.45, 7) is 0.602. The van der Waals surface area contributed by atoms with Gasteiger partial charge in [0.15, 0.2) is 0 Å². The molecule has 0 spiro atoms. The molecule has 0 radical (unpaired) electrons. The summed E-state index contributed by atoms with van der Waals surface area (Å²) in [5.74, 6) is -9.32. The predicted molar refractivity (Wildman–Crippen MR) is 71.3 cm³/mol. The maximum atomic E-state index is 13.7. The fourth-order valence-corrected chi connectivity index (χ4v) is 2.43. The number of fused-ring (bicyclic) bond motifs is 1. The monoisotopic (exact) mass is 391 g/mol. The van der Waals surface area contributed by atoms with E-state index >= 15 is 0 Å². The lowest BCUT2D eigenvalue weighted by Gasteiger charge is -2.03. The van der Waals surface area contributed by atoms with E-state index in [0.717, 1.165) is 23.9 Å². The molecule has 26 heavy (non-hydrogen) atoms. The van der Waals surface area contributed by atoms with Crippen LogP contribution in [-0.2, 0) is 13.0 Å². The van der Waals surface area contributed by atoms with Gasteiger partial charge in [-0.05, 0) is 19.3 Å². The number of aryl methyl sites for hydroxylation is 2. The highest BCUT2D eigenvalue weighted by Gasteiger charge is 2.32. The zero-order valence-electron chi connectivity index (χ0n) is 12.9. The van der Waals surface area contributed by atoms with Crippen LogP contribution in [0.2, 0.25) is 0 Å². The highest BCUT2D eigenvalue weighted by atomic mass is 19.5. The lowest BCUT2D eigenvalue weighted by atomic mass is 10.2. The Kier molecular flexibility index (Phi) is 5.86. The molecule has 13 heteroatoms. The van der Waals surface area contributed by atoms with Gasteiger partial charge in [-0.2, -0.15) is 8.78 Å². The largest absolute Gasteiger partial charge is 0.673 e. The third kappa shape index (κ3) is 4.49. The van der Waals surface area contributed by atoms with Crippen LogP contribution < -0.4 is 4.57 Å². The van der Waals surface area contributed by atoms with Crippen LogP contribution in [0.3, 0.4) is 0 Å². The molecule has 0 fully saturated rings. The van der Waals surface area contributed by atoms with Gasteiger partial charge in [-0.3, -0.25) is 0 Å². The van der Waals surface area contributed by atoms with Crippen molar-refractivity contribution in [2.75, 3.05) is 0 Å². The van der Waals surface area contributed by atoms with Gasteiger partial charge in [0.25, 0.3) is 5.82 Å². The van der Waals surface area contributed by atoms with Gasteiger partial charge in [0.2, 0.25) is 41.1 Å². The van der Waals surface area contributed by atoms with E-state index in [1.165, 1.54) is 6.33 Å². The molecule has 3 rings (SSSR count). The van der Waals surface area contributed by atoms with Gasteiger partial charge in [-0.25, -0.2) is 17.7 Å². The van der Waals surface area contributed by atoms with Gasteiger partial charge in [0, 0.05) is 11.5 Å². The number of rotatable bonds is 1. The van der Waals surface area contributed by atoms with E-state index < -0.39 is 42.0 Å². The first-order chi connectivity index (χ1) is 12.0. The molecule has 144 valence electrons. The second-order valence-electron chi connectivity index (χ2n) is 5.39. The first-order valence-corrected chi connectivity index (χ1v) is 7.37. The van der Waals surface area contributed by atoms with Gasteiger partial charge < -0.3 is 17.3 Å². The molecule has 0 saturated heterocycles. The van der Waals surface area contributed by atoms with Crippen LogP contribution in [-0.4, -0.2) is 17.0 Å². The van der Waals surface area contributed by atoms with E-state index in [4.69, 9.17) is 0 Å². The molecule has 2 heterocycles. The van der Waals surface area contributed by atoms with Gasteiger partial charge >= 0.3 is 7.25 Å². The van der Waals surface area contributed by atoms with E-state index in [0.29, 0.717) is 18.8 Å². The summed E-state index contributed by atoms with van der Waals surface area (Å²) in [6, 6.07) is 0. The van der Waals surface area contributed by atoms with Crippen molar-refractivity contribution in [2.24, 2.45) is 0 Å². The van der Waals surface area contributed by atoms with Crippen LogP contribution in [0, 0.1) is 29.1 Å². The Bertz CT molecular complexity index is 745. The molecule has 0 saturated carbocycles. The highest BCUT2D eigenvalue weighted by Crippen LogP contribution is 2.25. The Morgan fingerprint density at radius 3 is 1.85 bits per heavy atom. The van der Waals surface area contributed by atoms with E-state index in [2.05, 4.69) is 5.10 Å². The van der Waals surface area contributed by atoms with Gasteiger partial charge in [0.05, 0.1) is 6.54 Å². The van der Waals surface area contributed by atoms with Crippen molar-refractivity contribution < 1.29 is 43.8 Å². The van der Waals surface area contributed by atoms with E-state index in [9.17, 15) is 39.2 Å². The standard InChI is InChI=1S/C13H11F5N3.BF4/c14-8-9(15)11(17)13(12(18)10(8)16)21-6-20-5-3-1-2-4-7(20)19-21;2-1(3,4)5/h6H,1-5H2;/q+1;-1. The number of halogens is 9. The summed E-state index contributed by atoms with van der Waals surface area (Å²) in [7, 11) is -6.00. The number of nitrogens with zero attached hydrogens (tertiary/aromatic N) is 3. The highest BCUT2D eigenvalue weighted by molar-refractivity contribution is 6.50. The normalized spacial score (nSPS) is 14.3. The Morgan fingerprint density at radius 2 is 1.31 bits per heavy atom. The quantitative estimate of drug-likeness (QED) is 0.238. The molecular formula is C13H11BF9N3. The van der Waals surface area contributed by atoms with Crippen molar-refractivity contribution in [3.05, 3.63) is 41.2 Å². The molecule has 2 aromatic rings. The van der Waals surface area contributed by atoms with Crippen molar-refractivity contribution in [3.8, 4) is 5.69 Å². The summed E-state index contributed by atoms with van der Waals surface area (Å²) >= 11 is 0.